The standard InChI is InChI=1S/C21H22N4O4/c1-11(2)25-20-18(9-22-25)17(21(26)27-10-15-6-12(3)24-29-15)8-19(23-20)16-7-13(4)28-14(16)5/h6-9,11H,10H2,1-5H3. The molecular formula is C21H22N4O4. The molecule has 0 atom stereocenters. The number of carbonyl (C=O) groups is 1. The first-order valence-electron chi connectivity index (χ1n) is 9.38. The van der Waals surface area contributed by atoms with E-state index in [9.17, 15) is 4.79 Å². The zero-order valence-electron chi connectivity index (χ0n) is 17.0. The van der Waals surface area contributed by atoms with Gasteiger partial charge in [-0.3, -0.25) is 0 Å². The molecule has 0 aliphatic heterocycles. The molecule has 0 amide bonds. The van der Waals surface area contributed by atoms with E-state index in [-0.39, 0.29) is 12.6 Å². The Bertz CT molecular complexity index is 1200. The van der Waals surface area contributed by atoms with Gasteiger partial charge >= 0.3 is 5.97 Å². The number of aryl methyl sites for hydroxylation is 3. The molecular weight excluding hydrogens is 372 g/mol. The van der Waals surface area contributed by atoms with Crippen molar-refractivity contribution < 1.29 is 18.5 Å². The van der Waals surface area contributed by atoms with Crippen molar-refractivity contribution in [1.29, 1.82) is 0 Å². The van der Waals surface area contributed by atoms with Crippen LogP contribution in [0.4, 0.5) is 0 Å². The monoisotopic (exact) mass is 394 g/mol. The number of rotatable bonds is 5. The van der Waals surface area contributed by atoms with E-state index < -0.39 is 5.97 Å². The number of furan rings is 1. The van der Waals surface area contributed by atoms with Gasteiger partial charge in [-0.25, -0.2) is 14.5 Å². The molecule has 8 heteroatoms. The van der Waals surface area contributed by atoms with E-state index in [4.69, 9.17) is 18.7 Å². The average Bonchev–Trinajstić information content (AvgIpc) is 3.36. The molecule has 0 saturated carbocycles. The summed E-state index contributed by atoms with van der Waals surface area (Å²) in [5.41, 5.74) is 3.22. The van der Waals surface area contributed by atoms with Gasteiger partial charge < -0.3 is 13.7 Å². The summed E-state index contributed by atoms with van der Waals surface area (Å²) in [4.78, 5) is 17.7. The van der Waals surface area contributed by atoms with Gasteiger partial charge in [0.1, 0.15) is 11.5 Å². The molecule has 150 valence electrons. The molecule has 0 N–H and O–H groups in total. The van der Waals surface area contributed by atoms with E-state index in [0.29, 0.717) is 28.1 Å². The van der Waals surface area contributed by atoms with Gasteiger partial charge in [-0.1, -0.05) is 5.16 Å². The molecule has 4 rings (SSSR count). The third kappa shape index (κ3) is 3.53. The zero-order chi connectivity index (χ0) is 20.7. The Kier molecular flexibility index (Phi) is 4.70. The maximum Gasteiger partial charge on any atom is 0.339 e. The fourth-order valence-corrected chi connectivity index (χ4v) is 3.29. The molecule has 0 radical (unpaired) electrons. The fraction of sp³-hybridized carbons (Fsp3) is 0.333. The SMILES string of the molecule is Cc1cc(COC(=O)c2cc(-c3cc(C)oc3C)nc3c2cnn3C(C)C)on1. The number of hydrogen-bond acceptors (Lipinski definition) is 7. The molecule has 4 aromatic rings. The van der Waals surface area contributed by atoms with Crippen LogP contribution in [0, 0.1) is 20.8 Å². The molecule has 0 unspecified atom stereocenters. The first-order chi connectivity index (χ1) is 13.8. The molecule has 29 heavy (non-hydrogen) atoms. The topological polar surface area (TPSA) is 96.2 Å². The lowest BCUT2D eigenvalue weighted by Crippen LogP contribution is -2.08. The Balaban J connectivity index is 1.78. The maximum absolute atomic E-state index is 12.9. The van der Waals surface area contributed by atoms with Crippen molar-refractivity contribution in [2.45, 2.75) is 47.3 Å². The smallest absolute Gasteiger partial charge is 0.339 e. The molecule has 0 aliphatic carbocycles. The molecule has 4 heterocycles. The van der Waals surface area contributed by atoms with Gasteiger partial charge in [-0.05, 0) is 46.8 Å². The summed E-state index contributed by atoms with van der Waals surface area (Å²) in [7, 11) is 0. The van der Waals surface area contributed by atoms with Gasteiger partial charge in [0.25, 0.3) is 0 Å². The van der Waals surface area contributed by atoms with Crippen LogP contribution in [0.25, 0.3) is 22.3 Å². The van der Waals surface area contributed by atoms with Crippen LogP contribution in [-0.2, 0) is 11.3 Å². The highest BCUT2D eigenvalue weighted by molar-refractivity contribution is 6.03. The van der Waals surface area contributed by atoms with Gasteiger partial charge in [-0.2, -0.15) is 5.10 Å². The summed E-state index contributed by atoms with van der Waals surface area (Å²) in [6.07, 6.45) is 1.65. The quantitative estimate of drug-likeness (QED) is 0.458. The zero-order valence-corrected chi connectivity index (χ0v) is 17.0. The van der Waals surface area contributed by atoms with Crippen LogP contribution in [0.1, 0.15) is 53.2 Å². The Morgan fingerprint density at radius 1 is 1.21 bits per heavy atom. The van der Waals surface area contributed by atoms with Crippen molar-refractivity contribution in [3.8, 4) is 11.3 Å². The summed E-state index contributed by atoms with van der Waals surface area (Å²) in [6, 6.07) is 5.45. The van der Waals surface area contributed by atoms with Gasteiger partial charge in [0.2, 0.25) is 0 Å². The highest BCUT2D eigenvalue weighted by atomic mass is 16.5. The van der Waals surface area contributed by atoms with Crippen molar-refractivity contribution in [2.24, 2.45) is 0 Å². The minimum atomic E-state index is -0.478. The number of pyridine rings is 1. The first-order valence-corrected chi connectivity index (χ1v) is 9.38. The van der Waals surface area contributed by atoms with Crippen LogP contribution in [0.5, 0.6) is 0 Å². The highest BCUT2D eigenvalue weighted by Crippen LogP contribution is 2.30. The number of nitrogens with zero attached hydrogens (tertiary/aromatic N) is 4. The van der Waals surface area contributed by atoms with Crippen LogP contribution in [0.15, 0.2) is 33.3 Å². The number of ether oxygens (including phenoxy) is 1. The Labute approximate surface area is 167 Å². The molecule has 8 nitrogen and oxygen atoms in total. The van der Waals surface area contributed by atoms with Gasteiger partial charge in [0.05, 0.1) is 28.5 Å². The number of hydrogen-bond donors (Lipinski definition) is 0. The number of aromatic nitrogens is 4. The number of esters is 1. The summed E-state index contributed by atoms with van der Waals surface area (Å²) in [5.74, 6) is 1.53. The highest BCUT2D eigenvalue weighted by Gasteiger charge is 2.21. The Hall–Kier alpha value is -3.42. The third-order valence-corrected chi connectivity index (χ3v) is 4.61. The van der Waals surface area contributed by atoms with Crippen LogP contribution in [-0.4, -0.2) is 25.9 Å². The minimum Gasteiger partial charge on any atom is -0.466 e. The summed E-state index contributed by atoms with van der Waals surface area (Å²) in [5, 5.41) is 8.86. The Morgan fingerprint density at radius 2 is 2.00 bits per heavy atom. The van der Waals surface area contributed by atoms with Crippen molar-refractivity contribution >= 4 is 17.0 Å². The van der Waals surface area contributed by atoms with E-state index in [0.717, 1.165) is 22.8 Å². The lowest BCUT2D eigenvalue weighted by molar-refractivity contribution is 0.0439. The minimum absolute atomic E-state index is 0.000979. The van der Waals surface area contributed by atoms with Crippen molar-refractivity contribution in [1.82, 2.24) is 19.9 Å². The molecule has 4 aromatic heterocycles. The van der Waals surface area contributed by atoms with Crippen molar-refractivity contribution in [2.75, 3.05) is 0 Å². The molecule has 0 bridgehead atoms. The number of fused-ring (bicyclic) bond motifs is 1. The summed E-state index contributed by atoms with van der Waals surface area (Å²) in [6.45, 7) is 9.58. The first kappa shape index (κ1) is 18.9. The predicted octanol–water partition coefficient (Wildman–Crippen LogP) is 4.54. The summed E-state index contributed by atoms with van der Waals surface area (Å²) < 4.78 is 18.0. The molecule has 0 saturated heterocycles. The van der Waals surface area contributed by atoms with E-state index in [1.807, 2.05) is 40.7 Å². The maximum atomic E-state index is 12.9. The largest absolute Gasteiger partial charge is 0.466 e. The second-order valence-corrected chi connectivity index (χ2v) is 7.31. The lowest BCUT2D eigenvalue weighted by atomic mass is 10.1. The van der Waals surface area contributed by atoms with Crippen LogP contribution >= 0.6 is 0 Å². The second kappa shape index (κ2) is 7.20. The predicted molar refractivity (Wildman–Crippen MR) is 105 cm³/mol. The molecule has 0 aromatic carbocycles. The van der Waals surface area contributed by atoms with Crippen molar-refractivity contribution in [3.63, 3.8) is 0 Å². The lowest BCUT2D eigenvalue weighted by Gasteiger charge is -2.10. The van der Waals surface area contributed by atoms with E-state index in [1.165, 1.54) is 0 Å². The van der Waals surface area contributed by atoms with Gasteiger partial charge in [-0.15, -0.1) is 0 Å². The summed E-state index contributed by atoms with van der Waals surface area (Å²) >= 11 is 0. The van der Waals surface area contributed by atoms with E-state index in [2.05, 4.69) is 10.3 Å². The Morgan fingerprint density at radius 3 is 2.62 bits per heavy atom. The molecule has 0 fully saturated rings. The molecule has 0 aliphatic rings. The average molecular weight is 394 g/mol. The normalized spacial score (nSPS) is 11.5. The number of carbonyl (C=O) groups excluding carboxylic acids is 1. The van der Waals surface area contributed by atoms with E-state index >= 15 is 0 Å². The van der Waals surface area contributed by atoms with Crippen LogP contribution in [0.2, 0.25) is 0 Å². The second-order valence-electron chi connectivity index (χ2n) is 7.31. The van der Waals surface area contributed by atoms with Gasteiger partial charge in [0.15, 0.2) is 18.0 Å². The third-order valence-electron chi connectivity index (χ3n) is 4.61. The van der Waals surface area contributed by atoms with E-state index in [1.54, 1.807) is 23.0 Å². The van der Waals surface area contributed by atoms with Crippen LogP contribution in [0.3, 0.4) is 0 Å². The molecule has 0 spiro atoms. The van der Waals surface area contributed by atoms with Gasteiger partial charge in [0, 0.05) is 17.7 Å². The fourth-order valence-electron chi connectivity index (χ4n) is 3.29. The van der Waals surface area contributed by atoms with Crippen molar-refractivity contribution in [3.05, 3.63) is 52.9 Å². The van der Waals surface area contributed by atoms with Crippen LogP contribution < -0.4 is 0 Å².